The minimum Gasteiger partial charge on any atom is -0.496 e. The monoisotopic (exact) mass is 259 g/mol. The molecule has 1 aliphatic heterocycles. The number of ether oxygens (including phenoxy) is 1. The Bertz CT molecular complexity index is 567. The summed E-state index contributed by atoms with van der Waals surface area (Å²) in [6.07, 6.45) is 1.04. The van der Waals surface area contributed by atoms with Gasteiger partial charge < -0.3 is 14.6 Å². The summed E-state index contributed by atoms with van der Waals surface area (Å²) in [5.41, 5.74) is 0.860. The predicted octanol–water partition coefficient (Wildman–Crippen LogP) is 2.21. The molecule has 2 heterocycles. The number of hydrogen-bond acceptors (Lipinski definition) is 5. The highest BCUT2D eigenvalue weighted by atomic mass is 16.5. The third-order valence-corrected chi connectivity index (χ3v) is 3.63. The second kappa shape index (κ2) is 5.01. The van der Waals surface area contributed by atoms with E-state index in [2.05, 4.69) is 22.4 Å². The van der Waals surface area contributed by atoms with Crippen LogP contribution in [0, 0.1) is 0 Å². The minimum atomic E-state index is 0.302. The Morgan fingerprint density at radius 2 is 2.21 bits per heavy atom. The maximum atomic E-state index is 5.42. The molecule has 1 aromatic heterocycles. The minimum absolute atomic E-state index is 0.302. The molecule has 1 saturated heterocycles. The molecule has 1 fully saturated rings. The first-order chi connectivity index (χ1) is 9.29. The van der Waals surface area contributed by atoms with Crippen LogP contribution in [0.15, 0.2) is 28.8 Å². The molecular weight excluding hydrogens is 242 g/mol. The highest BCUT2D eigenvalue weighted by Gasteiger charge is 2.29. The third kappa shape index (κ3) is 2.21. The molecule has 1 N–H and O–H groups in total. The van der Waals surface area contributed by atoms with E-state index in [9.17, 15) is 0 Å². The first-order valence-corrected chi connectivity index (χ1v) is 6.50. The van der Waals surface area contributed by atoms with Crippen LogP contribution in [0.5, 0.6) is 5.75 Å². The smallest absolute Gasteiger partial charge is 0.231 e. The Morgan fingerprint density at radius 1 is 1.37 bits per heavy atom. The quantitative estimate of drug-likeness (QED) is 0.915. The molecule has 2 unspecified atom stereocenters. The number of para-hydroxylation sites is 1. The van der Waals surface area contributed by atoms with Gasteiger partial charge >= 0.3 is 0 Å². The number of aromatic nitrogens is 2. The molecule has 5 nitrogen and oxygen atoms in total. The lowest BCUT2D eigenvalue weighted by Crippen LogP contribution is -2.21. The van der Waals surface area contributed by atoms with Crippen LogP contribution in [0.4, 0.5) is 0 Å². The molecule has 2 atom stereocenters. The largest absolute Gasteiger partial charge is 0.496 e. The zero-order chi connectivity index (χ0) is 13.2. The Hall–Kier alpha value is -1.88. The molecular formula is C14H17N3O2. The normalized spacial score (nSPS) is 22.6. The molecule has 1 aromatic carbocycles. The van der Waals surface area contributed by atoms with Gasteiger partial charge in [0, 0.05) is 6.04 Å². The van der Waals surface area contributed by atoms with Crippen molar-refractivity contribution in [2.24, 2.45) is 0 Å². The molecule has 1 aliphatic rings. The van der Waals surface area contributed by atoms with Gasteiger partial charge in [0.15, 0.2) is 0 Å². The van der Waals surface area contributed by atoms with E-state index in [1.807, 2.05) is 24.3 Å². The molecule has 0 aliphatic carbocycles. The average molecular weight is 259 g/mol. The molecule has 19 heavy (non-hydrogen) atoms. The van der Waals surface area contributed by atoms with E-state index < -0.39 is 0 Å². The van der Waals surface area contributed by atoms with Crippen molar-refractivity contribution >= 4 is 0 Å². The van der Waals surface area contributed by atoms with Crippen molar-refractivity contribution in [3.05, 3.63) is 30.2 Å². The van der Waals surface area contributed by atoms with Gasteiger partial charge in [0.2, 0.25) is 11.7 Å². The Morgan fingerprint density at radius 3 is 2.95 bits per heavy atom. The van der Waals surface area contributed by atoms with E-state index in [4.69, 9.17) is 9.26 Å². The molecule has 0 amide bonds. The van der Waals surface area contributed by atoms with Gasteiger partial charge in [-0.1, -0.05) is 17.3 Å². The number of hydrogen-bond donors (Lipinski definition) is 1. The van der Waals surface area contributed by atoms with Gasteiger partial charge in [-0.25, -0.2) is 0 Å². The first-order valence-electron chi connectivity index (χ1n) is 6.50. The van der Waals surface area contributed by atoms with Gasteiger partial charge in [-0.05, 0) is 32.0 Å². The van der Waals surface area contributed by atoms with Crippen LogP contribution in [0.2, 0.25) is 0 Å². The lowest BCUT2D eigenvalue weighted by molar-refractivity contribution is 0.345. The summed E-state index contributed by atoms with van der Waals surface area (Å²) in [5, 5.41) is 7.47. The van der Waals surface area contributed by atoms with Crippen LogP contribution in [-0.4, -0.2) is 29.8 Å². The average Bonchev–Trinajstić information content (AvgIpc) is 3.07. The molecule has 0 spiro atoms. The van der Waals surface area contributed by atoms with Crippen molar-refractivity contribution in [3.63, 3.8) is 0 Å². The molecule has 5 heteroatoms. The number of nitrogens with zero attached hydrogens (tertiary/aromatic N) is 2. The highest BCUT2D eigenvalue weighted by Crippen LogP contribution is 2.31. The number of nitrogens with one attached hydrogen (secondary N) is 1. The van der Waals surface area contributed by atoms with Crippen molar-refractivity contribution in [2.45, 2.75) is 25.3 Å². The summed E-state index contributed by atoms with van der Waals surface area (Å²) < 4.78 is 10.7. The van der Waals surface area contributed by atoms with E-state index in [-0.39, 0.29) is 0 Å². The lowest BCUT2D eigenvalue weighted by Gasteiger charge is -2.08. The van der Waals surface area contributed by atoms with Gasteiger partial charge in [0.1, 0.15) is 5.75 Å². The lowest BCUT2D eigenvalue weighted by atomic mass is 10.0. The molecule has 100 valence electrons. The third-order valence-electron chi connectivity index (χ3n) is 3.63. The molecule has 3 rings (SSSR count). The van der Waals surface area contributed by atoms with E-state index in [0.29, 0.717) is 23.7 Å². The van der Waals surface area contributed by atoms with Gasteiger partial charge in [-0.2, -0.15) is 4.98 Å². The summed E-state index contributed by atoms with van der Waals surface area (Å²) in [7, 11) is 1.64. The van der Waals surface area contributed by atoms with Crippen molar-refractivity contribution in [2.75, 3.05) is 13.7 Å². The summed E-state index contributed by atoms with van der Waals surface area (Å²) in [5.74, 6) is 2.35. The van der Waals surface area contributed by atoms with Crippen LogP contribution in [0.1, 0.15) is 25.2 Å². The van der Waals surface area contributed by atoms with Crippen LogP contribution in [0.3, 0.4) is 0 Å². The zero-order valence-corrected chi connectivity index (χ0v) is 11.1. The summed E-state index contributed by atoms with van der Waals surface area (Å²) in [6.45, 7) is 3.14. The van der Waals surface area contributed by atoms with Gasteiger partial charge in [0.25, 0.3) is 0 Å². The second-order valence-electron chi connectivity index (χ2n) is 4.79. The van der Waals surface area contributed by atoms with E-state index >= 15 is 0 Å². The second-order valence-corrected chi connectivity index (χ2v) is 4.79. The van der Waals surface area contributed by atoms with Crippen LogP contribution in [0.25, 0.3) is 11.4 Å². The number of benzene rings is 1. The topological polar surface area (TPSA) is 60.2 Å². The van der Waals surface area contributed by atoms with Crippen molar-refractivity contribution in [1.29, 1.82) is 0 Å². The maximum absolute atomic E-state index is 5.42. The summed E-state index contributed by atoms with van der Waals surface area (Å²) >= 11 is 0. The summed E-state index contributed by atoms with van der Waals surface area (Å²) in [4.78, 5) is 4.52. The van der Waals surface area contributed by atoms with E-state index in [1.54, 1.807) is 7.11 Å². The Kier molecular flexibility index (Phi) is 3.21. The van der Waals surface area contributed by atoms with Crippen LogP contribution < -0.4 is 10.1 Å². The summed E-state index contributed by atoms with van der Waals surface area (Å²) in [6, 6.07) is 8.07. The van der Waals surface area contributed by atoms with Crippen molar-refractivity contribution < 1.29 is 9.26 Å². The fourth-order valence-electron chi connectivity index (χ4n) is 2.52. The van der Waals surface area contributed by atoms with Gasteiger partial charge in [0.05, 0.1) is 18.6 Å². The molecule has 0 bridgehead atoms. The van der Waals surface area contributed by atoms with Gasteiger partial charge in [-0.3, -0.25) is 0 Å². The zero-order valence-electron chi connectivity index (χ0n) is 11.1. The first kappa shape index (κ1) is 12.2. The van der Waals surface area contributed by atoms with Crippen LogP contribution in [-0.2, 0) is 0 Å². The predicted molar refractivity (Wildman–Crippen MR) is 71.1 cm³/mol. The highest BCUT2D eigenvalue weighted by molar-refractivity contribution is 5.63. The van der Waals surface area contributed by atoms with Crippen LogP contribution >= 0.6 is 0 Å². The molecule has 0 radical (unpaired) electrons. The number of rotatable bonds is 3. The standard InChI is InChI=1S/C14H17N3O2/c1-9-10(7-8-15-9)14-16-13(17-19-14)11-5-3-4-6-12(11)18-2/h3-6,9-10,15H,7-8H2,1-2H3. The van der Waals surface area contributed by atoms with E-state index in [1.165, 1.54) is 0 Å². The molecule has 2 aromatic rings. The maximum Gasteiger partial charge on any atom is 0.231 e. The molecule has 0 saturated carbocycles. The SMILES string of the molecule is COc1ccccc1-c1noc(C2CCNC2C)n1. The van der Waals surface area contributed by atoms with E-state index in [0.717, 1.165) is 24.3 Å². The Balaban J connectivity index is 1.92. The van der Waals surface area contributed by atoms with Crippen molar-refractivity contribution in [1.82, 2.24) is 15.5 Å². The fourth-order valence-corrected chi connectivity index (χ4v) is 2.52. The fraction of sp³-hybridized carbons (Fsp3) is 0.429. The number of methoxy groups -OCH3 is 1. The van der Waals surface area contributed by atoms with Gasteiger partial charge in [-0.15, -0.1) is 0 Å². The van der Waals surface area contributed by atoms with Crippen molar-refractivity contribution in [3.8, 4) is 17.1 Å². The Labute approximate surface area is 112 Å².